The van der Waals surface area contributed by atoms with Crippen molar-refractivity contribution in [3.8, 4) is 5.75 Å². The smallest absolute Gasteiger partial charge is 0.254 e. The van der Waals surface area contributed by atoms with Crippen LogP contribution in [0.15, 0.2) is 18.2 Å². The van der Waals surface area contributed by atoms with Gasteiger partial charge in [-0.3, -0.25) is 4.79 Å². The van der Waals surface area contributed by atoms with E-state index in [9.17, 15) is 4.79 Å². The highest BCUT2D eigenvalue weighted by Gasteiger charge is 2.30. The van der Waals surface area contributed by atoms with Crippen molar-refractivity contribution >= 4 is 11.6 Å². The summed E-state index contributed by atoms with van der Waals surface area (Å²) in [5.74, 6) is 1.19. The quantitative estimate of drug-likeness (QED) is 0.816. The number of carbonyl (C=O) groups excluding carboxylic acids is 1. The molecule has 1 heterocycles. The first-order chi connectivity index (χ1) is 8.52. The maximum atomic E-state index is 12.4. The second-order valence-electron chi connectivity index (χ2n) is 5.10. The van der Waals surface area contributed by atoms with Gasteiger partial charge in [-0.15, -0.1) is 0 Å². The number of rotatable bonds is 2. The summed E-state index contributed by atoms with van der Waals surface area (Å²) in [6, 6.07) is 5.50. The zero-order valence-electron chi connectivity index (χ0n) is 11.1. The molecule has 2 rings (SSSR count). The van der Waals surface area contributed by atoms with Crippen molar-refractivity contribution in [2.45, 2.75) is 26.3 Å². The number of anilines is 1. The van der Waals surface area contributed by atoms with Crippen molar-refractivity contribution < 1.29 is 9.53 Å². The number of nitrogens with zero attached hydrogens (tertiary/aromatic N) is 1. The molecule has 0 saturated carbocycles. The van der Waals surface area contributed by atoms with Gasteiger partial charge in [0, 0.05) is 18.2 Å². The molecule has 1 fully saturated rings. The number of likely N-dealkylation sites (tertiary alicyclic amines) is 1. The Hall–Kier alpha value is -1.71. The zero-order chi connectivity index (χ0) is 13.3. The van der Waals surface area contributed by atoms with Crippen LogP contribution in [-0.2, 0) is 0 Å². The zero-order valence-corrected chi connectivity index (χ0v) is 11.1. The first-order valence-corrected chi connectivity index (χ1v) is 6.27. The fourth-order valence-corrected chi connectivity index (χ4v) is 2.59. The van der Waals surface area contributed by atoms with E-state index in [2.05, 4.69) is 13.8 Å². The molecule has 0 aliphatic carbocycles. The predicted octanol–water partition coefficient (Wildman–Crippen LogP) is 2.15. The molecule has 1 aliphatic rings. The fraction of sp³-hybridized carbons (Fsp3) is 0.500. The van der Waals surface area contributed by atoms with Crippen LogP contribution in [0.25, 0.3) is 0 Å². The van der Waals surface area contributed by atoms with Gasteiger partial charge in [-0.1, -0.05) is 6.92 Å². The molecule has 1 aliphatic heterocycles. The number of hydrogen-bond acceptors (Lipinski definition) is 3. The average molecular weight is 248 g/mol. The van der Waals surface area contributed by atoms with Gasteiger partial charge in [-0.2, -0.15) is 0 Å². The van der Waals surface area contributed by atoms with Crippen LogP contribution >= 0.6 is 0 Å². The SMILES string of the molecule is COc1cc(C(=O)N2CC(C)CC2C)ccc1N. The summed E-state index contributed by atoms with van der Waals surface area (Å²) in [6.07, 6.45) is 1.07. The van der Waals surface area contributed by atoms with E-state index in [0.29, 0.717) is 29.0 Å². The Morgan fingerprint density at radius 1 is 1.44 bits per heavy atom. The molecule has 1 aromatic carbocycles. The minimum atomic E-state index is 0.0603. The van der Waals surface area contributed by atoms with Gasteiger partial charge in [0.25, 0.3) is 5.91 Å². The minimum absolute atomic E-state index is 0.0603. The lowest BCUT2D eigenvalue weighted by Crippen LogP contribution is -2.33. The van der Waals surface area contributed by atoms with Crippen LogP contribution in [0.4, 0.5) is 5.69 Å². The highest BCUT2D eigenvalue weighted by Crippen LogP contribution is 2.27. The third-order valence-corrected chi connectivity index (χ3v) is 3.53. The topological polar surface area (TPSA) is 55.6 Å². The maximum absolute atomic E-state index is 12.4. The van der Waals surface area contributed by atoms with Gasteiger partial charge in [-0.05, 0) is 37.5 Å². The first-order valence-electron chi connectivity index (χ1n) is 6.27. The van der Waals surface area contributed by atoms with Crippen LogP contribution in [-0.4, -0.2) is 30.5 Å². The van der Waals surface area contributed by atoms with Gasteiger partial charge in [-0.25, -0.2) is 0 Å². The molecule has 1 saturated heterocycles. The molecule has 2 N–H and O–H groups in total. The number of methoxy groups -OCH3 is 1. The molecule has 2 unspecified atom stereocenters. The Kier molecular flexibility index (Phi) is 3.45. The van der Waals surface area contributed by atoms with Gasteiger partial charge in [0.05, 0.1) is 12.8 Å². The lowest BCUT2D eigenvalue weighted by atomic mass is 10.1. The average Bonchev–Trinajstić information content (AvgIpc) is 2.68. The van der Waals surface area contributed by atoms with Crippen LogP contribution in [0, 0.1) is 5.92 Å². The largest absolute Gasteiger partial charge is 0.495 e. The van der Waals surface area contributed by atoms with Gasteiger partial charge in [0.15, 0.2) is 0 Å². The standard InChI is InChI=1S/C14H20N2O2/c1-9-6-10(2)16(8-9)14(17)11-4-5-12(15)13(7-11)18-3/h4-5,7,9-10H,6,8,15H2,1-3H3. The van der Waals surface area contributed by atoms with Crippen LogP contribution in [0.5, 0.6) is 5.75 Å². The van der Waals surface area contributed by atoms with Crippen LogP contribution < -0.4 is 10.5 Å². The van der Waals surface area contributed by atoms with Gasteiger partial charge >= 0.3 is 0 Å². The summed E-state index contributed by atoms with van der Waals surface area (Å²) >= 11 is 0. The summed E-state index contributed by atoms with van der Waals surface area (Å²) in [4.78, 5) is 14.3. The van der Waals surface area contributed by atoms with Crippen molar-refractivity contribution in [2.75, 3.05) is 19.4 Å². The second kappa shape index (κ2) is 4.88. The predicted molar refractivity (Wildman–Crippen MR) is 71.7 cm³/mol. The lowest BCUT2D eigenvalue weighted by Gasteiger charge is -2.22. The number of benzene rings is 1. The Bertz CT molecular complexity index is 459. The van der Waals surface area contributed by atoms with Crippen LogP contribution in [0.3, 0.4) is 0 Å². The van der Waals surface area contributed by atoms with Gasteiger partial charge in [0.1, 0.15) is 5.75 Å². The van der Waals surface area contributed by atoms with E-state index < -0.39 is 0 Å². The van der Waals surface area contributed by atoms with E-state index in [0.717, 1.165) is 13.0 Å². The molecule has 4 heteroatoms. The van der Waals surface area contributed by atoms with E-state index in [1.54, 1.807) is 25.3 Å². The fourth-order valence-electron chi connectivity index (χ4n) is 2.59. The minimum Gasteiger partial charge on any atom is -0.495 e. The number of carbonyl (C=O) groups is 1. The maximum Gasteiger partial charge on any atom is 0.254 e. The molecule has 98 valence electrons. The van der Waals surface area contributed by atoms with Crippen molar-refractivity contribution in [2.24, 2.45) is 5.92 Å². The van der Waals surface area contributed by atoms with Gasteiger partial charge in [0.2, 0.25) is 0 Å². The van der Waals surface area contributed by atoms with E-state index in [1.807, 2.05) is 4.90 Å². The van der Waals surface area contributed by atoms with E-state index in [-0.39, 0.29) is 5.91 Å². The molecule has 0 radical (unpaired) electrons. The molecule has 1 aromatic rings. The van der Waals surface area contributed by atoms with Crippen molar-refractivity contribution in [1.82, 2.24) is 4.90 Å². The Balaban J connectivity index is 2.23. The third kappa shape index (κ3) is 2.28. The van der Waals surface area contributed by atoms with Crippen LogP contribution in [0.1, 0.15) is 30.6 Å². The first kappa shape index (κ1) is 12.7. The summed E-state index contributed by atoms with van der Waals surface area (Å²) in [7, 11) is 1.56. The van der Waals surface area contributed by atoms with Crippen molar-refractivity contribution in [3.63, 3.8) is 0 Å². The Morgan fingerprint density at radius 2 is 2.17 bits per heavy atom. The number of nitrogen functional groups attached to an aromatic ring is 1. The molecule has 4 nitrogen and oxygen atoms in total. The highest BCUT2D eigenvalue weighted by atomic mass is 16.5. The molecular weight excluding hydrogens is 228 g/mol. The second-order valence-corrected chi connectivity index (χ2v) is 5.10. The van der Waals surface area contributed by atoms with Crippen LogP contribution in [0.2, 0.25) is 0 Å². The molecular formula is C14H20N2O2. The summed E-state index contributed by atoms with van der Waals surface area (Å²) in [5.41, 5.74) is 6.95. The van der Waals surface area contributed by atoms with E-state index in [4.69, 9.17) is 10.5 Å². The van der Waals surface area contributed by atoms with Gasteiger partial charge < -0.3 is 15.4 Å². The normalized spacial score (nSPS) is 23.2. The summed E-state index contributed by atoms with van der Waals surface area (Å²) < 4.78 is 5.15. The number of amides is 1. The number of hydrogen-bond donors (Lipinski definition) is 1. The molecule has 0 spiro atoms. The third-order valence-electron chi connectivity index (χ3n) is 3.53. The number of ether oxygens (including phenoxy) is 1. The molecule has 0 aromatic heterocycles. The Morgan fingerprint density at radius 3 is 2.72 bits per heavy atom. The molecule has 2 atom stereocenters. The molecule has 0 bridgehead atoms. The van der Waals surface area contributed by atoms with Crippen molar-refractivity contribution in [3.05, 3.63) is 23.8 Å². The van der Waals surface area contributed by atoms with E-state index >= 15 is 0 Å². The summed E-state index contributed by atoms with van der Waals surface area (Å²) in [6.45, 7) is 5.09. The highest BCUT2D eigenvalue weighted by molar-refractivity contribution is 5.95. The Labute approximate surface area is 108 Å². The lowest BCUT2D eigenvalue weighted by molar-refractivity contribution is 0.0743. The van der Waals surface area contributed by atoms with E-state index in [1.165, 1.54) is 0 Å². The number of nitrogens with two attached hydrogens (primary N) is 1. The molecule has 18 heavy (non-hydrogen) atoms. The molecule has 1 amide bonds. The summed E-state index contributed by atoms with van der Waals surface area (Å²) in [5, 5.41) is 0. The van der Waals surface area contributed by atoms with Crippen molar-refractivity contribution in [1.29, 1.82) is 0 Å². The monoisotopic (exact) mass is 248 g/mol.